The lowest BCUT2D eigenvalue weighted by Gasteiger charge is -2.25. The van der Waals surface area contributed by atoms with E-state index in [1.165, 1.54) is 0 Å². The molecule has 0 spiro atoms. The highest BCUT2D eigenvalue weighted by Gasteiger charge is 2.40. The third-order valence-corrected chi connectivity index (χ3v) is 5.97. The normalized spacial score (nSPS) is 18.1. The molecule has 0 aromatic heterocycles. The molecular formula is C21H29N3O5S. The molecule has 0 aliphatic carbocycles. The highest BCUT2D eigenvalue weighted by molar-refractivity contribution is 8.15. The van der Waals surface area contributed by atoms with E-state index in [0.717, 1.165) is 22.3 Å². The summed E-state index contributed by atoms with van der Waals surface area (Å²) in [5.41, 5.74) is 1.07. The number of aryl methyl sites for hydroxylation is 1. The van der Waals surface area contributed by atoms with Crippen LogP contribution in [0.2, 0.25) is 0 Å². The van der Waals surface area contributed by atoms with Crippen molar-refractivity contribution in [1.82, 2.24) is 10.3 Å². The van der Waals surface area contributed by atoms with Crippen molar-refractivity contribution in [2.24, 2.45) is 11.0 Å². The molecule has 1 aliphatic rings. The fraction of sp³-hybridized carbons (Fsp3) is 0.524. The highest BCUT2D eigenvalue weighted by Crippen LogP contribution is 2.30. The molecule has 2 N–H and O–H groups in total. The van der Waals surface area contributed by atoms with Crippen LogP contribution in [-0.4, -0.2) is 57.1 Å². The Morgan fingerprint density at radius 3 is 2.47 bits per heavy atom. The number of carboxylic acid groups (broad SMARTS) is 1. The molecular weight excluding hydrogens is 406 g/mol. The van der Waals surface area contributed by atoms with Gasteiger partial charge in [-0.05, 0) is 32.3 Å². The Morgan fingerprint density at radius 1 is 1.23 bits per heavy atom. The van der Waals surface area contributed by atoms with Gasteiger partial charge in [-0.1, -0.05) is 55.9 Å². The van der Waals surface area contributed by atoms with E-state index in [0.29, 0.717) is 17.9 Å². The number of thioether (sulfide) groups is 1. The van der Waals surface area contributed by atoms with E-state index in [9.17, 15) is 19.5 Å². The second-order valence-electron chi connectivity index (χ2n) is 7.30. The molecule has 3 atom stereocenters. The lowest BCUT2D eigenvalue weighted by molar-refractivity contribution is -0.149. The number of amides is 1. The molecule has 1 aliphatic heterocycles. The third kappa shape index (κ3) is 6.30. The summed E-state index contributed by atoms with van der Waals surface area (Å²) >= 11 is 1.06. The predicted octanol–water partition coefficient (Wildman–Crippen LogP) is 2.48. The Balaban J connectivity index is 2.10. The van der Waals surface area contributed by atoms with Crippen LogP contribution in [0.3, 0.4) is 0 Å². The first-order valence-electron chi connectivity index (χ1n) is 10.0. The molecule has 8 nitrogen and oxygen atoms in total. The predicted molar refractivity (Wildman–Crippen MR) is 116 cm³/mol. The second kappa shape index (κ2) is 11.1. The third-order valence-electron chi connectivity index (χ3n) is 4.55. The Hall–Kier alpha value is -2.39. The van der Waals surface area contributed by atoms with Gasteiger partial charge in [-0.25, -0.2) is 9.80 Å². The van der Waals surface area contributed by atoms with Crippen LogP contribution in [0.4, 0.5) is 0 Å². The fourth-order valence-electron chi connectivity index (χ4n) is 2.96. The van der Waals surface area contributed by atoms with Crippen molar-refractivity contribution in [3.63, 3.8) is 0 Å². The van der Waals surface area contributed by atoms with Crippen LogP contribution in [0.1, 0.15) is 39.7 Å². The standard InChI is InChI=1S/C21H29N3O5S/c1-5-29-21(28)16(12-11-15-9-7-6-8-10-15)22-14(4)18(25)24-19(20(26)27)30-17(23-24)13(2)3/h6-10,13-14,16,19,22H,5,11-12H2,1-4H3,(H,26,27)/t14-,16-,19?/m0/s1. The van der Waals surface area contributed by atoms with E-state index in [1.54, 1.807) is 13.8 Å². The maximum Gasteiger partial charge on any atom is 0.339 e. The van der Waals surface area contributed by atoms with Crippen molar-refractivity contribution in [3.05, 3.63) is 35.9 Å². The number of hydrazone groups is 1. The minimum absolute atomic E-state index is 0.0102. The zero-order chi connectivity index (χ0) is 22.3. The topological polar surface area (TPSA) is 108 Å². The summed E-state index contributed by atoms with van der Waals surface area (Å²) in [4.78, 5) is 37.0. The number of ether oxygens (including phenoxy) is 1. The molecule has 1 aromatic carbocycles. The number of aliphatic carboxylic acids is 1. The number of hydrogen-bond acceptors (Lipinski definition) is 7. The smallest absolute Gasteiger partial charge is 0.339 e. The molecule has 2 rings (SSSR count). The Bertz CT molecular complexity index is 784. The summed E-state index contributed by atoms with van der Waals surface area (Å²) in [7, 11) is 0. The van der Waals surface area contributed by atoms with Crippen molar-refractivity contribution >= 4 is 34.7 Å². The molecule has 30 heavy (non-hydrogen) atoms. The number of carbonyl (C=O) groups is 3. The number of nitrogens with one attached hydrogen (secondary N) is 1. The lowest BCUT2D eigenvalue weighted by Crippen LogP contribution is -2.52. The first-order chi connectivity index (χ1) is 14.2. The first kappa shape index (κ1) is 23.9. The molecule has 1 aromatic rings. The summed E-state index contributed by atoms with van der Waals surface area (Å²) in [6.45, 7) is 7.34. The molecule has 0 radical (unpaired) electrons. The fourth-order valence-corrected chi connectivity index (χ4v) is 3.94. The van der Waals surface area contributed by atoms with Crippen molar-refractivity contribution in [2.75, 3.05) is 6.61 Å². The number of carbonyl (C=O) groups excluding carboxylic acids is 2. The van der Waals surface area contributed by atoms with Gasteiger partial charge in [-0.2, -0.15) is 5.10 Å². The molecule has 1 heterocycles. The zero-order valence-corrected chi connectivity index (χ0v) is 18.5. The quantitative estimate of drug-likeness (QED) is 0.544. The van der Waals surface area contributed by atoms with Crippen molar-refractivity contribution in [2.45, 2.75) is 58.0 Å². The Kier molecular flexibility index (Phi) is 8.86. The van der Waals surface area contributed by atoms with E-state index in [-0.39, 0.29) is 12.5 Å². The Morgan fingerprint density at radius 2 is 1.90 bits per heavy atom. The van der Waals surface area contributed by atoms with Crippen molar-refractivity contribution < 1.29 is 24.2 Å². The van der Waals surface area contributed by atoms with Gasteiger partial charge in [0, 0.05) is 5.92 Å². The minimum Gasteiger partial charge on any atom is -0.479 e. The van der Waals surface area contributed by atoms with Crippen LogP contribution in [0.5, 0.6) is 0 Å². The van der Waals surface area contributed by atoms with Crippen LogP contribution >= 0.6 is 11.8 Å². The lowest BCUT2D eigenvalue weighted by atomic mass is 10.0. The summed E-state index contributed by atoms with van der Waals surface area (Å²) in [5.74, 6) is -2.06. The molecule has 9 heteroatoms. The molecule has 1 amide bonds. The van der Waals surface area contributed by atoms with Gasteiger partial charge in [-0.3, -0.25) is 14.9 Å². The molecule has 164 valence electrons. The number of hydrogen-bond donors (Lipinski definition) is 2. The molecule has 0 bridgehead atoms. The number of carboxylic acids is 1. The second-order valence-corrected chi connectivity index (χ2v) is 8.40. The highest BCUT2D eigenvalue weighted by atomic mass is 32.2. The summed E-state index contributed by atoms with van der Waals surface area (Å²) in [6, 6.07) is 8.20. The number of rotatable bonds is 10. The van der Waals surface area contributed by atoms with Gasteiger partial charge in [0.25, 0.3) is 5.91 Å². The van der Waals surface area contributed by atoms with Crippen LogP contribution in [0.25, 0.3) is 0 Å². The average Bonchev–Trinajstić information content (AvgIpc) is 3.17. The van der Waals surface area contributed by atoms with Crippen molar-refractivity contribution in [3.8, 4) is 0 Å². The zero-order valence-electron chi connectivity index (χ0n) is 17.7. The molecule has 0 saturated heterocycles. The summed E-state index contributed by atoms with van der Waals surface area (Å²) in [6.07, 6.45) is 1.07. The van der Waals surface area contributed by atoms with Gasteiger partial charge in [-0.15, -0.1) is 0 Å². The first-order valence-corrected chi connectivity index (χ1v) is 10.9. The maximum absolute atomic E-state index is 12.9. The van der Waals surface area contributed by atoms with Crippen LogP contribution in [0.15, 0.2) is 35.4 Å². The molecule has 0 saturated carbocycles. The van der Waals surface area contributed by atoms with Gasteiger partial charge in [0.15, 0.2) is 0 Å². The van der Waals surface area contributed by atoms with Crippen LogP contribution in [-0.2, 0) is 25.5 Å². The maximum atomic E-state index is 12.9. The minimum atomic E-state index is -1.13. The van der Waals surface area contributed by atoms with Gasteiger partial charge in [0.2, 0.25) is 5.37 Å². The van der Waals surface area contributed by atoms with Crippen molar-refractivity contribution in [1.29, 1.82) is 0 Å². The summed E-state index contributed by atoms with van der Waals surface area (Å²) in [5, 5.41) is 17.2. The van der Waals surface area contributed by atoms with Gasteiger partial charge < -0.3 is 9.84 Å². The SMILES string of the molecule is CCOC(=O)[C@H](CCc1ccccc1)N[C@@H](C)C(=O)N1N=C(C(C)C)SC1C(=O)O. The number of esters is 1. The van der Waals surface area contributed by atoms with Gasteiger partial charge in [0.05, 0.1) is 17.7 Å². The van der Waals surface area contributed by atoms with E-state index >= 15 is 0 Å². The number of nitrogens with zero attached hydrogens (tertiary/aromatic N) is 2. The van der Waals surface area contributed by atoms with E-state index in [1.807, 2.05) is 44.2 Å². The monoisotopic (exact) mass is 435 g/mol. The van der Waals surface area contributed by atoms with E-state index in [2.05, 4.69) is 10.4 Å². The van der Waals surface area contributed by atoms with Crippen LogP contribution < -0.4 is 5.32 Å². The summed E-state index contributed by atoms with van der Waals surface area (Å²) < 4.78 is 5.15. The number of benzene rings is 1. The largest absolute Gasteiger partial charge is 0.479 e. The Labute approximate surface area is 181 Å². The average molecular weight is 436 g/mol. The van der Waals surface area contributed by atoms with E-state index in [4.69, 9.17) is 4.74 Å². The van der Waals surface area contributed by atoms with Gasteiger partial charge in [0.1, 0.15) is 6.04 Å². The molecule has 1 unspecified atom stereocenters. The van der Waals surface area contributed by atoms with E-state index < -0.39 is 35.3 Å². The van der Waals surface area contributed by atoms with Gasteiger partial charge >= 0.3 is 11.9 Å². The van der Waals surface area contributed by atoms with Crippen LogP contribution in [0, 0.1) is 5.92 Å². The molecule has 0 fully saturated rings.